The molecule has 2 aromatic carbocycles. The second-order valence-corrected chi connectivity index (χ2v) is 9.43. The highest BCUT2D eigenvalue weighted by molar-refractivity contribution is 6.45. The Bertz CT molecular complexity index is 1030. The molecule has 0 aromatic heterocycles. The number of carbonyl (C=O) groups is 2. The Morgan fingerprint density at radius 3 is 2.06 bits per heavy atom. The number of carbonyl (C=O) groups excluding carboxylic acids is 2. The van der Waals surface area contributed by atoms with Crippen LogP contribution in [0.4, 0.5) is 5.69 Å². The molecule has 2 aliphatic heterocycles. The fraction of sp³-hybridized carbons (Fsp3) is 0.407. The number of piperidine rings is 1. The minimum absolute atomic E-state index is 0.232. The molecule has 0 N–H and O–H groups in total. The van der Waals surface area contributed by atoms with Gasteiger partial charge in [0, 0.05) is 13.1 Å². The topological polar surface area (TPSA) is 43.9 Å². The summed E-state index contributed by atoms with van der Waals surface area (Å²) in [5.41, 5.74) is 4.75. The normalized spacial score (nSPS) is 18.2. The number of aryl methyl sites for hydroxylation is 1. The van der Waals surface area contributed by atoms with Gasteiger partial charge in [-0.05, 0) is 69.1 Å². The van der Waals surface area contributed by atoms with Gasteiger partial charge in [-0.2, -0.15) is 0 Å². The van der Waals surface area contributed by atoms with Crippen LogP contribution in [-0.2, 0) is 9.59 Å². The highest BCUT2D eigenvalue weighted by atomic mass is 16.2. The molecular formula is C27H33N3O2. The molecular weight excluding hydrogens is 398 g/mol. The van der Waals surface area contributed by atoms with Crippen molar-refractivity contribution in [2.45, 2.75) is 45.6 Å². The van der Waals surface area contributed by atoms with E-state index >= 15 is 0 Å². The third-order valence-electron chi connectivity index (χ3n) is 6.81. The highest BCUT2D eigenvalue weighted by Gasteiger charge is 2.43. The summed E-state index contributed by atoms with van der Waals surface area (Å²) in [5.74, 6) is -0.0865. The smallest absolute Gasteiger partial charge is 0.282 e. The van der Waals surface area contributed by atoms with Crippen molar-refractivity contribution in [3.63, 3.8) is 0 Å². The van der Waals surface area contributed by atoms with E-state index in [9.17, 15) is 9.59 Å². The van der Waals surface area contributed by atoms with Crippen molar-refractivity contribution in [2.24, 2.45) is 0 Å². The van der Waals surface area contributed by atoms with Crippen molar-refractivity contribution in [3.05, 3.63) is 70.9 Å². The summed E-state index contributed by atoms with van der Waals surface area (Å²) in [5, 5.41) is 0. The number of likely N-dealkylation sites (N-methyl/N-ethyl adjacent to an activating group) is 1. The molecule has 0 atom stereocenters. The highest BCUT2D eigenvalue weighted by Crippen LogP contribution is 2.36. The number of hydrogen-bond acceptors (Lipinski definition) is 4. The van der Waals surface area contributed by atoms with E-state index in [1.807, 2.05) is 62.5 Å². The minimum Gasteiger partial charge on any atom is -0.366 e. The van der Waals surface area contributed by atoms with E-state index in [-0.39, 0.29) is 17.9 Å². The van der Waals surface area contributed by atoms with Crippen molar-refractivity contribution in [2.75, 3.05) is 32.1 Å². The van der Waals surface area contributed by atoms with Crippen LogP contribution in [0.1, 0.15) is 49.3 Å². The lowest BCUT2D eigenvalue weighted by Crippen LogP contribution is -2.43. The summed E-state index contributed by atoms with van der Waals surface area (Å²) in [7, 11) is 4.09. The number of rotatable bonds is 5. The summed E-state index contributed by atoms with van der Waals surface area (Å²) < 4.78 is 0. The molecule has 0 saturated carbocycles. The lowest BCUT2D eigenvalue weighted by Gasteiger charge is -2.36. The van der Waals surface area contributed by atoms with Gasteiger partial charge in [-0.15, -0.1) is 0 Å². The van der Waals surface area contributed by atoms with Crippen LogP contribution in [0.3, 0.4) is 0 Å². The Balaban J connectivity index is 1.75. The SMILES string of the molecule is Cc1ccc(C2=C(N(C)C3CCN(C)CC3)C(=O)N(c3ccc(C(C)C)cc3)C2=O)cc1. The molecule has 2 amide bonds. The quantitative estimate of drug-likeness (QED) is 0.657. The first-order chi connectivity index (χ1) is 15.3. The number of imide groups is 1. The molecule has 5 heteroatoms. The van der Waals surface area contributed by atoms with E-state index in [0.29, 0.717) is 22.9 Å². The summed E-state index contributed by atoms with van der Waals surface area (Å²) >= 11 is 0. The zero-order valence-electron chi connectivity index (χ0n) is 19.8. The molecule has 0 bridgehead atoms. The standard InChI is InChI=1S/C27H33N3O2/c1-18(2)20-10-12-23(13-11-20)30-26(31)24(21-8-6-19(3)7-9-21)25(27(30)32)29(5)22-14-16-28(4)17-15-22/h6-13,18,22H,14-17H2,1-5H3. The lowest BCUT2D eigenvalue weighted by molar-refractivity contribution is -0.120. The van der Waals surface area contributed by atoms with E-state index in [4.69, 9.17) is 0 Å². The third-order valence-corrected chi connectivity index (χ3v) is 6.81. The zero-order valence-corrected chi connectivity index (χ0v) is 19.8. The van der Waals surface area contributed by atoms with Crippen molar-refractivity contribution in [1.82, 2.24) is 9.80 Å². The zero-order chi connectivity index (χ0) is 23.0. The molecule has 2 aliphatic rings. The number of hydrogen-bond donors (Lipinski definition) is 0. The van der Waals surface area contributed by atoms with Gasteiger partial charge in [-0.3, -0.25) is 9.59 Å². The lowest BCUT2D eigenvalue weighted by atomic mass is 9.99. The van der Waals surface area contributed by atoms with E-state index in [2.05, 4.69) is 30.7 Å². The van der Waals surface area contributed by atoms with Gasteiger partial charge in [0.05, 0.1) is 11.3 Å². The largest absolute Gasteiger partial charge is 0.366 e. The van der Waals surface area contributed by atoms with Gasteiger partial charge in [0.15, 0.2) is 0 Å². The first-order valence-electron chi connectivity index (χ1n) is 11.5. The molecule has 0 spiro atoms. The van der Waals surface area contributed by atoms with E-state index in [1.165, 1.54) is 10.5 Å². The molecule has 5 nitrogen and oxygen atoms in total. The van der Waals surface area contributed by atoms with Crippen LogP contribution in [0.15, 0.2) is 54.2 Å². The Hall–Kier alpha value is -2.92. The molecule has 1 fully saturated rings. The molecule has 0 unspecified atom stereocenters. The second kappa shape index (κ2) is 8.91. The number of nitrogens with zero attached hydrogens (tertiary/aromatic N) is 3. The number of benzene rings is 2. The van der Waals surface area contributed by atoms with Crippen molar-refractivity contribution < 1.29 is 9.59 Å². The molecule has 32 heavy (non-hydrogen) atoms. The van der Waals surface area contributed by atoms with Crippen LogP contribution in [0.2, 0.25) is 0 Å². The maximum atomic E-state index is 13.7. The van der Waals surface area contributed by atoms with Gasteiger partial charge in [0.25, 0.3) is 11.8 Å². The van der Waals surface area contributed by atoms with Crippen molar-refractivity contribution in [3.8, 4) is 0 Å². The van der Waals surface area contributed by atoms with Crippen LogP contribution >= 0.6 is 0 Å². The van der Waals surface area contributed by atoms with Crippen molar-refractivity contribution in [1.29, 1.82) is 0 Å². The van der Waals surface area contributed by atoms with Gasteiger partial charge < -0.3 is 9.80 Å². The fourth-order valence-corrected chi connectivity index (χ4v) is 4.63. The third kappa shape index (κ3) is 4.09. The molecule has 168 valence electrons. The Kier molecular flexibility index (Phi) is 6.20. The minimum atomic E-state index is -0.245. The predicted octanol–water partition coefficient (Wildman–Crippen LogP) is 4.43. The van der Waals surface area contributed by atoms with Crippen LogP contribution < -0.4 is 4.90 Å². The molecule has 0 aliphatic carbocycles. The first kappa shape index (κ1) is 22.3. The summed E-state index contributed by atoms with van der Waals surface area (Å²) in [6, 6.07) is 15.9. The van der Waals surface area contributed by atoms with Gasteiger partial charge in [0.2, 0.25) is 0 Å². The average Bonchev–Trinajstić information content (AvgIpc) is 3.04. The summed E-state index contributed by atoms with van der Waals surface area (Å²) in [6.45, 7) is 8.27. The van der Waals surface area contributed by atoms with Gasteiger partial charge in [-0.25, -0.2) is 4.90 Å². The summed E-state index contributed by atoms with van der Waals surface area (Å²) in [4.78, 5) is 33.1. The Labute approximate surface area is 191 Å². The maximum Gasteiger partial charge on any atom is 0.282 e. The van der Waals surface area contributed by atoms with E-state index < -0.39 is 0 Å². The molecule has 0 radical (unpaired) electrons. The average molecular weight is 432 g/mol. The molecule has 1 saturated heterocycles. The summed E-state index contributed by atoms with van der Waals surface area (Å²) in [6.07, 6.45) is 1.95. The van der Waals surface area contributed by atoms with Gasteiger partial charge in [-0.1, -0.05) is 55.8 Å². The van der Waals surface area contributed by atoms with Crippen LogP contribution in [0.25, 0.3) is 5.57 Å². The monoisotopic (exact) mass is 431 g/mol. The van der Waals surface area contributed by atoms with Gasteiger partial charge >= 0.3 is 0 Å². The van der Waals surface area contributed by atoms with Crippen LogP contribution in [-0.4, -0.2) is 54.8 Å². The molecule has 2 heterocycles. The number of amides is 2. The Morgan fingerprint density at radius 2 is 1.50 bits per heavy atom. The van der Waals surface area contributed by atoms with Gasteiger partial charge in [0.1, 0.15) is 5.70 Å². The second-order valence-electron chi connectivity index (χ2n) is 9.43. The number of anilines is 1. The van der Waals surface area contributed by atoms with E-state index in [0.717, 1.165) is 37.1 Å². The first-order valence-corrected chi connectivity index (χ1v) is 11.5. The van der Waals surface area contributed by atoms with E-state index in [1.54, 1.807) is 0 Å². The maximum absolute atomic E-state index is 13.7. The van der Waals surface area contributed by atoms with Crippen molar-refractivity contribution >= 4 is 23.1 Å². The fourth-order valence-electron chi connectivity index (χ4n) is 4.63. The number of likely N-dealkylation sites (tertiary alicyclic amines) is 1. The predicted molar refractivity (Wildman–Crippen MR) is 129 cm³/mol. The molecule has 2 aromatic rings. The Morgan fingerprint density at radius 1 is 0.906 bits per heavy atom. The van der Waals surface area contributed by atoms with Crippen LogP contribution in [0.5, 0.6) is 0 Å². The molecule has 4 rings (SSSR count). The van der Waals surface area contributed by atoms with Crippen LogP contribution in [0, 0.1) is 6.92 Å².